The number of fused-ring (bicyclic) bond motifs is 6. The largest absolute Gasteiger partial charge is 0.508 e. The number of aromatic carboxylic acids is 1. The van der Waals surface area contributed by atoms with Gasteiger partial charge in [0, 0.05) is 88.5 Å². The first kappa shape index (κ1) is 57.6. The molecule has 21 heteroatoms. The standard InChI is InChI=1S/C60H65N7O12S2/c1-60(2,81-33-51(71)62-25-11-3-10-24-61-50(70)17-9-8-16-49-53-46(32-80-49)65-58(76)66-53)54(67-59(77)78-31-45-39-14-6-4-12-37(39)38-13-5-7-15-40(38)45)56(73)64-27-26-63-55(72)34-18-21-41(44(28-34)57(74)75)52-42-22-19-35(68)29-47(42)79-48-30-36(69)20-23-43(48)52/h4-7,12-15,18-23,28-30,45-46,49,53-54,68H,3,8-11,16-17,24-27,31-33H2,1-2H3,(H,61,70)(H,62,71)(H,63,72)(H,64,73)(H,67,77)(H,74,75)(H2,65,66,76)/t46-,49-,53-,54+/m0/s1. The molecule has 9 N–H and O–H groups in total. The third-order valence-electron chi connectivity index (χ3n) is 14.9. The van der Waals surface area contributed by atoms with E-state index in [1.54, 1.807) is 19.9 Å². The van der Waals surface area contributed by atoms with Gasteiger partial charge in [-0.05, 0) is 110 Å². The van der Waals surface area contributed by atoms with Gasteiger partial charge in [0.25, 0.3) is 5.91 Å². The van der Waals surface area contributed by atoms with Gasteiger partial charge >= 0.3 is 18.1 Å². The number of phenols is 1. The van der Waals surface area contributed by atoms with E-state index in [0.29, 0.717) is 47.7 Å². The molecule has 4 atom stereocenters. The number of carbonyl (C=O) groups is 7. The molecule has 19 nitrogen and oxygen atoms in total. The molecule has 3 aliphatic heterocycles. The number of carboxylic acids is 1. The van der Waals surface area contributed by atoms with E-state index in [2.05, 4.69) is 37.2 Å². The first-order valence-electron chi connectivity index (χ1n) is 27.2. The maximum Gasteiger partial charge on any atom is 0.407 e. The number of ether oxygens (including phenoxy) is 1. The summed E-state index contributed by atoms with van der Waals surface area (Å²) in [6, 6.07) is 27.5. The second-order valence-corrected chi connectivity index (χ2v) is 23.8. The zero-order valence-corrected chi connectivity index (χ0v) is 46.5. The Labute approximate surface area is 476 Å². The minimum Gasteiger partial charge on any atom is -0.508 e. The van der Waals surface area contributed by atoms with Gasteiger partial charge in [0.15, 0.2) is 5.43 Å². The van der Waals surface area contributed by atoms with Gasteiger partial charge in [-0.2, -0.15) is 11.8 Å². The second kappa shape index (κ2) is 26.0. The van der Waals surface area contributed by atoms with Crippen LogP contribution in [0.3, 0.4) is 0 Å². The maximum atomic E-state index is 14.1. The Morgan fingerprint density at radius 3 is 2.20 bits per heavy atom. The first-order chi connectivity index (χ1) is 39.0. The van der Waals surface area contributed by atoms with E-state index in [1.165, 1.54) is 60.3 Å². The molecule has 2 saturated heterocycles. The zero-order valence-electron chi connectivity index (χ0n) is 44.9. The number of carbonyl (C=O) groups excluding carboxylic acids is 6. The molecule has 4 aromatic rings. The summed E-state index contributed by atoms with van der Waals surface area (Å²) in [5.74, 6) is -2.10. The lowest BCUT2D eigenvalue weighted by Gasteiger charge is -2.33. The molecule has 0 bridgehead atoms. The number of unbranched alkanes of at least 4 members (excludes halogenated alkanes) is 3. The number of rotatable bonds is 25. The summed E-state index contributed by atoms with van der Waals surface area (Å²) in [5, 5.41) is 41.6. The molecule has 4 aromatic carbocycles. The van der Waals surface area contributed by atoms with Crippen molar-refractivity contribution in [2.75, 3.05) is 44.3 Å². The highest BCUT2D eigenvalue weighted by Crippen LogP contribution is 2.45. The molecule has 2 fully saturated rings. The number of alkyl carbamates (subject to hydrolysis) is 1. The highest BCUT2D eigenvalue weighted by molar-refractivity contribution is 8.01. The predicted molar refractivity (Wildman–Crippen MR) is 311 cm³/mol. The van der Waals surface area contributed by atoms with Crippen LogP contribution in [0.4, 0.5) is 9.59 Å². The Morgan fingerprint density at radius 2 is 1.46 bits per heavy atom. The van der Waals surface area contributed by atoms with Crippen LogP contribution >= 0.6 is 23.5 Å². The Hall–Kier alpha value is -8.04. The zero-order chi connectivity index (χ0) is 57.2. The number of hydrogen-bond donors (Lipinski definition) is 9. The molecule has 0 unspecified atom stereocenters. The SMILES string of the molecule is CC(C)(SCC(=O)NCCCCCNC(=O)CCCC[C@@H]1SC[C@@H]2NC(=O)N[C@@H]21)[C@H](NC(=O)OCC1c2ccccc2-c2ccccc21)C(=O)NCCNC(=O)c1ccc(-c2c3ccc(=O)cc-3oc3cc(O)ccc23)c(C(=O)O)c1. The summed E-state index contributed by atoms with van der Waals surface area (Å²) >= 11 is 3.04. The highest BCUT2D eigenvalue weighted by atomic mass is 32.2. The molecule has 0 spiro atoms. The topological polar surface area (TPSA) is 284 Å². The quantitative estimate of drug-likeness (QED) is 0.0154. The molecule has 2 aliphatic carbocycles. The number of thioether (sulfide) groups is 2. The van der Waals surface area contributed by atoms with Gasteiger partial charge in [-0.3, -0.25) is 24.0 Å². The fourth-order valence-corrected chi connectivity index (χ4v) is 13.2. The van der Waals surface area contributed by atoms with Crippen molar-refractivity contribution >= 4 is 76.2 Å². The van der Waals surface area contributed by atoms with Crippen molar-refractivity contribution in [2.24, 2.45) is 0 Å². The lowest BCUT2D eigenvalue weighted by atomic mass is 9.90. The molecule has 0 saturated carbocycles. The fourth-order valence-electron chi connectivity index (χ4n) is 10.7. The lowest BCUT2D eigenvalue weighted by Crippen LogP contribution is -2.57. The van der Waals surface area contributed by atoms with Crippen LogP contribution in [-0.2, 0) is 19.1 Å². The normalized spacial score (nSPS) is 16.6. The Morgan fingerprint density at radius 1 is 0.753 bits per heavy atom. The van der Waals surface area contributed by atoms with E-state index in [9.17, 15) is 48.6 Å². The van der Waals surface area contributed by atoms with Crippen LogP contribution in [0.15, 0.2) is 112 Å². The van der Waals surface area contributed by atoms with Crippen LogP contribution in [0.2, 0.25) is 0 Å². The van der Waals surface area contributed by atoms with Crippen molar-refractivity contribution in [3.63, 3.8) is 0 Å². The van der Waals surface area contributed by atoms with E-state index >= 15 is 0 Å². The molecule has 81 heavy (non-hydrogen) atoms. The summed E-state index contributed by atoms with van der Waals surface area (Å²) in [7, 11) is 0. The van der Waals surface area contributed by atoms with E-state index in [4.69, 9.17) is 9.15 Å². The summed E-state index contributed by atoms with van der Waals surface area (Å²) < 4.78 is 10.7. The number of hydrogen-bond acceptors (Lipinski definition) is 13. The lowest BCUT2D eigenvalue weighted by molar-refractivity contribution is -0.124. The predicted octanol–water partition coefficient (Wildman–Crippen LogP) is 7.36. The summed E-state index contributed by atoms with van der Waals surface area (Å²) in [6.45, 7) is 4.23. The number of urea groups is 1. The van der Waals surface area contributed by atoms with Gasteiger partial charge in [0.05, 0.1) is 23.4 Å². The van der Waals surface area contributed by atoms with Crippen molar-refractivity contribution in [3.8, 4) is 39.3 Å². The third-order valence-corrected chi connectivity index (χ3v) is 17.8. The van der Waals surface area contributed by atoms with Gasteiger partial charge in [-0.15, -0.1) is 11.8 Å². The van der Waals surface area contributed by atoms with Crippen molar-refractivity contribution in [2.45, 2.75) is 92.8 Å². The number of amides is 7. The van der Waals surface area contributed by atoms with Crippen molar-refractivity contribution in [3.05, 3.63) is 136 Å². The minimum atomic E-state index is -1.33. The number of benzene rings is 5. The molecular formula is C60H65N7O12S2. The Bertz CT molecular complexity index is 3340. The van der Waals surface area contributed by atoms with E-state index in [-0.39, 0.29) is 101 Å². The first-order valence-corrected chi connectivity index (χ1v) is 29.2. The molecule has 424 valence electrons. The van der Waals surface area contributed by atoms with Gasteiger partial charge in [0.2, 0.25) is 17.7 Å². The summed E-state index contributed by atoms with van der Waals surface area (Å²) in [6.07, 6.45) is 4.48. The van der Waals surface area contributed by atoms with Crippen LogP contribution in [0.1, 0.15) is 96.6 Å². The average Bonchev–Trinajstić information content (AvgIpc) is 4.29. The molecule has 3 heterocycles. The van der Waals surface area contributed by atoms with Crippen LogP contribution in [0.25, 0.3) is 44.5 Å². The molecule has 0 radical (unpaired) electrons. The van der Waals surface area contributed by atoms with Gasteiger partial charge in [-0.25, -0.2) is 14.4 Å². The van der Waals surface area contributed by atoms with Crippen molar-refractivity contribution < 1.29 is 52.9 Å². The third kappa shape index (κ3) is 13.9. The van der Waals surface area contributed by atoms with Crippen molar-refractivity contribution in [1.82, 2.24) is 37.2 Å². The molecule has 5 aliphatic rings. The fraction of sp³-hybridized carbons (Fsp3) is 0.367. The number of aromatic hydroxyl groups is 1. The van der Waals surface area contributed by atoms with Crippen LogP contribution < -0.4 is 42.6 Å². The van der Waals surface area contributed by atoms with E-state index in [1.807, 2.05) is 60.3 Å². The number of nitrogens with one attached hydrogen (secondary N) is 7. The Kier molecular flexibility index (Phi) is 18.5. The van der Waals surface area contributed by atoms with E-state index < -0.39 is 34.7 Å². The number of carboxylic acid groups (broad SMARTS) is 1. The van der Waals surface area contributed by atoms with Crippen LogP contribution in [0, 0.1) is 0 Å². The summed E-state index contributed by atoms with van der Waals surface area (Å²) in [4.78, 5) is 104. The van der Waals surface area contributed by atoms with Crippen LogP contribution in [0.5, 0.6) is 5.75 Å². The maximum absolute atomic E-state index is 14.1. The molecule has 9 rings (SSSR count). The summed E-state index contributed by atoms with van der Waals surface area (Å²) in [5.41, 5.74) is 4.90. The second-order valence-electron chi connectivity index (χ2n) is 20.9. The highest BCUT2D eigenvalue weighted by Gasteiger charge is 2.43. The molecule has 0 aromatic heterocycles. The monoisotopic (exact) mass is 1140 g/mol. The smallest absolute Gasteiger partial charge is 0.407 e. The van der Waals surface area contributed by atoms with Crippen molar-refractivity contribution in [1.29, 1.82) is 0 Å². The van der Waals surface area contributed by atoms with Gasteiger partial charge in [-0.1, -0.05) is 61.0 Å². The van der Waals surface area contributed by atoms with E-state index in [0.717, 1.165) is 60.1 Å². The van der Waals surface area contributed by atoms with Gasteiger partial charge < -0.3 is 56.6 Å². The van der Waals surface area contributed by atoms with Crippen LogP contribution in [-0.4, -0.2) is 124 Å². The molecule has 7 amide bonds. The van der Waals surface area contributed by atoms with Gasteiger partial charge in [0.1, 0.15) is 29.7 Å². The Balaban J connectivity index is 0.767. The molecular weight excluding hydrogens is 1070 g/mol. The minimum absolute atomic E-state index is 0.00317. The average molecular weight is 1140 g/mol. The number of phenolic OH excluding ortho intramolecular Hbond substituents is 1.